The summed E-state index contributed by atoms with van der Waals surface area (Å²) in [5.74, 6) is 0.609. The Morgan fingerprint density at radius 2 is 2.06 bits per heavy atom. The molecule has 0 spiro atoms. The van der Waals surface area contributed by atoms with Crippen LogP contribution in [-0.2, 0) is 0 Å². The number of nitro benzene ring substituents is 1. The molecule has 1 aromatic carbocycles. The average Bonchev–Trinajstić information content (AvgIpc) is 2.93. The molecule has 0 aromatic heterocycles. The molecule has 0 radical (unpaired) electrons. The summed E-state index contributed by atoms with van der Waals surface area (Å²) in [5, 5.41) is 17.1. The Kier molecular flexibility index (Phi) is 2.68. The first-order valence-electron chi connectivity index (χ1n) is 5.35. The topological polar surface area (TPSA) is 67.2 Å². The van der Waals surface area contributed by atoms with E-state index >= 15 is 0 Å². The highest BCUT2D eigenvalue weighted by atomic mass is 16.6. The summed E-state index contributed by atoms with van der Waals surface area (Å²) < 4.78 is 0. The molecule has 0 heterocycles. The van der Waals surface area contributed by atoms with Crippen molar-refractivity contribution in [3.8, 4) is 0 Å². The maximum atomic E-state index is 11.0. The Labute approximate surface area is 94.0 Å². The van der Waals surface area contributed by atoms with Gasteiger partial charge in [0.15, 0.2) is 0 Å². The van der Waals surface area contributed by atoms with E-state index in [4.69, 9.17) is 0 Å². The van der Waals surface area contributed by atoms with Gasteiger partial charge in [-0.25, -0.2) is 0 Å². The van der Waals surface area contributed by atoms with E-state index in [1.807, 2.05) is 6.07 Å². The Morgan fingerprint density at radius 3 is 2.56 bits per heavy atom. The molecule has 2 rings (SSSR count). The van der Waals surface area contributed by atoms with Crippen molar-refractivity contribution in [2.24, 2.45) is 5.92 Å². The number of para-hydroxylation sites is 1. The van der Waals surface area contributed by atoms with Crippen LogP contribution in [0.4, 0.5) is 17.1 Å². The smallest absolute Gasteiger partial charge is 0.315 e. The first-order chi connectivity index (χ1) is 7.63. The molecule has 16 heavy (non-hydrogen) atoms. The molecule has 5 heteroatoms. The van der Waals surface area contributed by atoms with Crippen LogP contribution in [0.2, 0.25) is 0 Å². The van der Waals surface area contributed by atoms with Gasteiger partial charge in [-0.15, -0.1) is 0 Å². The Balaban J connectivity index is 2.31. The highest BCUT2D eigenvalue weighted by molar-refractivity contribution is 5.76. The summed E-state index contributed by atoms with van der Waals surface area (Å²) in [4.78, 5) is 10.7. The Bertz CT molecular complexity index is 420. The first-order valence-corrected chi connectivity index (χ1v) is 5.35. The van der Waals surface area contributed by atoms with Crippen LogP contribution in [0.3, 0.4) is 0 Å². The van der Waals surface area contributed by atoms with E-state index in [0.29, 0.717) is 23.3 Å². The van der Waals surface area contributed by atoms with Crippen molar-refractivity contribution in [1.82, 2.24) is 0 Å². The molecule has 2 unspecified atom stereocenters. The van der Waals surface area contributed by atoms with Crippen molar-refractivity contribution in [3.05, 3.63) is 28.3 Å². The van der Waals surface area contributed by atoms with Gasteiger partial charge in [0.05, 0.1) is 4.92 Å². The molecule has 86 valence electrons. The van der Waals surface area contributed by atoms with Gasteiger partial charge >= 0.3 is 5.69 Å². The molecule has 5 nitrogen and oxygen atoms in total. The molecule has 2 N–H and O–H groups in total. The minimum atomic E-state index is -0.346. The summed E-state index contributed by atoms with van der Waals surface area (Å²) in [6.07, 6.45) is 1.08. The van der Waals surface area contributed by atoms with Crippen molar-refractivity contribution in [2.45, 2.75) is 19.4 Å². The number of hydrogen-bond donors (Lipinski definition) is 2. The molecule has 1 aromatic rings. The monoisotopic (exact) mass is 221 g/mol. The lowest BCUT2D eigenvalue weighted by Gasteiger charge is -2.09. The molecule has 1 aliphatic rings. The van der Waals surface area contributed by atoms with Crippen molar-refractivity contribution in [2.75, 3.05) is 17.7 Å². The predicted octanol–water partition coefficient (Wildman–Crippen LogP) is 2.46. The number of nitrogens with one attached hydrogen (secondary N) is 2. The van der Waals surface area contributed by atoms with Crippen LogP contribution in [0.5, 0.6) is 0 Å². The van der Waals surface area contributed by atoms with Gasteiger partial charge in [0.1, 0.15) is 11.4 Å². The maximum Gasteiger partial charge on any atom is 0.315 e. The van der Waals surface area contributed by atoms with Crippen molar-refractivity contribution >= 4 is 17.1 Å². The third-order valence-electron chi connectivity index (χ3n) is 2.94. The Hall–Kier alpha value is -1.78. The highest BCUT2D eigenvalue weighted by Gasteiger charge is 2.34. The fourth-order valence-electron chi connectivity index (χ4n) is 1.78. The quantitative estimate of drug-likeness (QED) is 0.605. The van der Waals surface area contributed by atoms with Gasteiger partial charge in [-0.2, -0.15) is 0 Å². The SMILES string of the molecule is CNc1cccc(NC2CC2C)c1[N+](=O)[O-]. The number of benzene rings is 1. The number of nitro groups is 1. The minimum Gasteiger partial charge on any atom is -0.382 e. The zero-order chi connectivity index (χ0) is 11.7. The normalized spacial score (nSPS) is 22.6. The second kappa shape index (κ2) is 4.00. The number of nitrogens with zero attached hydrogens (tertiary/aromatic N) is 1. The third-order valence-corrected chi connectivity index (χ3v) is 2.94. The van der Waals surface area contributed by atoms with Crippen LogP contribution < -0.4 is 10.6 Å². The largest absolute Gasteiger partial charge is 0.382 e. The third kappa shape index (κ3) is 1.93. The summed E-state index contributed by atoms with van der Waals surface area (Å²) in [6.45, 7) is 2.13. The van der Waals surface area contributed by atoms with Crippen LogP contribution >= 0.6 is 0 Å². The van der Waals surface area contributed by atoms with Gasteiger partial charge in [0, 0.05) is 13.1 Å². The van der Waals surface area contributed by atoms with Crippen molar-refractivity contribution in [1.29, 1.82) is 0 Å². The number of hydrogen-bond acceptors (Lipinski definition) is 4. The number of rotatable bonds is 4. The molecule has 1 fully saturated rings. The summed E-state index contributed by atoms with van der Waals surface area (Å²) >= 11 is 0. The van der Waals surface area contributed by atoms with Crippen LogP contribution in [0.1, 0.15) is 13.3 Å². The molecule has 0 saturated heterocycles. The van der Waals surface area contributed by atoms with Gasteiger partial charge in [0.25, 0.3) is 0 Å². The van der Waals surface area contributed by atoms with Crippen LogP contribution in [0.25, 0.3) is 0 Å². The van der Waals surface area contributed by atoms with Crippen molar-refractivity contribution in [3.63, 3.8) is 0 Å². The van der Waals surface area contributed by atoms with E-state index in [-0.39, 0.29) is 10.6 Å². The molecule has 1 aliphatic carbocycles. The maximum absolute atomic E-state index is 11.0. The van der Waals surface area contributed by atoms with Crippen LogP contribution in [0, 0.1) is 16.0 Å². The standard InChI is InChI=1S/C11H15N3O2/c1-7-6-10(7)13-9-5-3-4-8(12-2)11(9)14(15)16/h3-5,7,10,12-13H,6H2,1-2H3. The highest BCUT2D eigenvalue weighted by Crippen LogP contribution is 2.38. The van der Waals surface area contributed by atoms with E-state index in [0.717, 1.165) is 6.42 Å². The number of anilines is 2. The predicted molar refractivity (Wildman–Crippen MR) is 63.8 cm³/mol. The van der Waals surface area contributed by atoms with Gasteiger partial charge in [-0.3, -0.25) is 10.1 Å². The van der Waals surface area contributed by atoms with Crippen molar-refractivity contribution < 1.29 is 4.92 Å². The lowest BCUT2D eigenvalue weighted by molar-refractivity contribution is -0.383. The lowest BCUT2D eigenvalue weighted by atomic mass is 10.2. The zero-order valence-corrected chi connectivity index (χ0v) is 9.36. The van der Waals surface area contributed by atoms with Gasteiger partial charge < -0.3 is 10.6 Å². The minimum absolute atomic E-state index is 0.129. The van der Waals surface area contributed by atoms with E-state index < -0.39 is 0 Å². The van der Waals surface area contributed by atoms with E-state index in [2.05, 4.69) is 17.6 Å². The van der Waals surface area contributed by atoms with Gasteiger partial charge in [-0.05, 0) is 24.5 Å². The summed E-state index contributed by atoms with van der Waals surface area (Å²) in [7, 11) is 1.69. The van der Waals surface area contributed by atoms with Crippen LogP contribution in [-0.4, -0.2) is 18.0 Å². The van der Waals surface area contributed by atoms with E-state index in [1.165, 1.54) is 0 Å². The van der Waals surface area contributed by atoms with Gasteiger partial charge in [0.2, 0.25) is 0 Å². The van der Waals surface area contributed by atoms with Gasteiger partial charge in [-0.1, -0.05) is 13.0 Å². The van der Waals surface area contributed by atoms with E-state index in [1.54, 1.807) is 19.2 Å². The first kappa shape index (κ1) is 10.7. The zero-order valence-electron chi connectivity index (χ0n) is 9.36. The molecular formula is C11H15N3O2. The second-order valence-corrected chi connectivity index (χ2v) is 4.17. The second-order valence-electron chi connectivity index (χ2n) is 4.17. The fraction of sp³-hybridized carbons (Fsp3) is 0.455. The average molecular weight is 221 g/mol. The molecule has 1 saturated carbocycles. The summed E-state index contributed by atoms with van der Waals surface area (Å²) in [5.41, 5.74) is 1.28. The molecular weight excluding hydrogens is 206 g/mol. The van der Waals surface area contributed by atoms with Crippen LogP contribution in [0.15, 0.2) is 18.2 Å². The summed E-state index contributed by atoms with van der Waals surface area (Å²) in [6, 6.07) is 5.66. The fourth-order valence-corrected chi connectivity index (χ4v) is 1.78. The van der Waals surface area contributed by atoms with E-state index in [9.17, 15) is 10.1 Å². The molecule has 0 amide bonds. The molecule has 0 aliphatic heterocycles. The lowest BCUT2D eigenvalue weighted by Crippen LogP contribution is -2.07. The Morgan fingerprint density at radius 1 is 1.44 bits per heavy atom. The molecule has 0 bridgehead atoms. The molecule has 2 atom stereocenters.